The highest BCUT2D eigenvalue weighted by atomic mass is 16.3. The van der Waals surface area contributed by atoms with Crippen molar-refractivity contribution in [3.8, 4) is 0 Å². The molecule has 94 valence electrons. The maximum absolute atomic E-state index is 11.0. The van der Waals surface area contributed by atoms with Crippen LogP contribution in [-0.2, 0) is 5.60 Å². The lowest BCUT2D eigenvalue weighted by atomic mass is 9.85. The minimum atomic E-state index is -0.676. The molecule has 0 amide bonds. The van der Waals surface area contributed by atoms with Crippen molar-refractivity contribution in [1.82, 2.24) is 4.98 Å². The molecule has 1 fully saturated rings. The molecule has 0 bridgehead atoms. The fourth-order valence-corrected chi connectivity index (χ4v) is 3.07. The lowest BCUT2D eigenvalue weighted by molar-refractivity contribution is 0.0219. The Morgan fingerprint density at radius 1 is 0.944 bits per heavy atom. The lowest BCUT2D eigenvalue weighted by Crippen LogP contribution is -2.25. The highest BCUT2D eigenvalue weighted by Gasteiger charge is 2.31. The topological polar surface area (TPSA) is 33.1 Å². The van der Waals surface area contributed by atoms with Gasteiger partial charge in [0.2, 0.25) is 0 Å². The Hall–Kier alpha value is -1.41. The lowest BCUT2D eigenvalue weighted by Gasteiger charge is -2.28. The Balaban J connectivity index is 2.12. The molecule has 1 aromatic carbocycles. The summed E-state index contributed by atoms with van der Waals surface area (Å²) in [6.45, 7) is 0. The van der Waals surface area contributed by atoms with E-state index in [-0.39, 0.29) is 0 Å². The highest BCUT2D eigenvalue weighted by Crippen LogP contribution is 2.38. The Morgan fingerprint density at radius 2 is 1.67 bits per heavy atom. The SMILES string of the molecule is OC1(c2cncc3ccccc23)CCCCCC1. The Morgan fingerprint density at radius 3 is 2.44 bits per heavy atom. The van der Waals surface area contributed by atoms with Crippen molar-refractivity contribution in [3.63, 3.8) is 0 Å². The predicted octanol–water partition coefficient (Wildman–Crippen LogP) is 3.78. The van der Waals surface area contributed by atoms with Gasteiger partial charge in [0.25, 0.3) is 0 Å². The largest absolute Gasteiger partial charge is 0.385 e. The van der Waals surface area contributed by atoms with Crippen molar-refractivity contribution in [2.45, 2.75) is 44.1 Å². The number of benzene rings is 1. The van der Waals surface area contributed by atoms with Gasteiger partial charge in [0.1, 0.15) is 0 Å². The second-order valence-corrected chi connectivity index (χ2v) is 5.35. The van der Waals surface area contributed by atoms with Crippen LogP contribution in [0.5, 0.6) is 0 Å². The number of hydrogen-bond acceptors (Lipinski definition) is 2. The van der Waals surface area contributed by atoms with Gasteiger partial charge in [-0.15, -0.1) is 0 Å². The standard InChI is InChI=1S/C16H19NO/c18-16(9-5-1-2-6-10-16)15-12-17-11-13-7-3-4-8-14(13)15/h3-4,7-8,11-12,18H,1-2,5-6,9-10H2. The average molecular weight is 241 g/mol. The molecule has 0 radical (unpaired) electrons. The van der Waals surface area contributed by atoms with E-state index in [1.165, 1.54) is 12.8 Å². The maximum Gasteiger partial charge on any atom is 0.0917 e. The summed E-state index contributed by atoms with van der Waals surface area (Å²) in [6.07, 6.45) is 10.2. The number of aromatic nitrogens is 1. The fourth-order valence-electron chi connectivity index (χ4n) is 3.07. The van der Waals surface area contributed by atoms with Crippen LogP contribution in [0, 0.1) is 0 Å². The molecule has 0 unspecified atom stereocenters. The first-order valence-corrected chi connectivity index (χ1v) is 6.85. The van der Waals surface area contributed by atoms with Crippen molar-refractivity contribution < 1.29 is 5.11 Å². The molecule has 0 spiro atoms. The molecule has 2 aromatic rings. The Kier molecular flexibility index (Phi) is 3.04. The van der Waals surface area contributed by atoms with Crippen LogP contribution in [0.1, 0.15) is 44.1 Å². The van der Waals surface area contributed by atoms with E-state index < -0.39 is 5.60 Å². The van der Waals surface area contributed by atoms with Crippen LogP contribution in [0.4, 0.5) is 0 Å². The molecule has 0 aliphatic heterocycles. The second kappa shape index (κ2) is 4.69. The minimum absolute atomic E-state index is 0.676. The van der Waals surface area contributed by atoms with Crippen LogP contribution < -0.4 is 0 Å². The van der Waals surface area contributed by atoms with Gasteiger partial charge in [-0.25, -0.2) is 0 Å². The summed E-state index contributed by atoms with van der Waals surface area (Å²) in [5.41, 5.74) is 0.340. The molecule has 1 saturated carbocycles. The van der Waals surface area contributed by atoms with E-state index in [1.807, 2.05) is 24.5 Å². The van der Waals surface area contributed by atoms with Crippen LogP contribution in [-0.4, -0.2) is 10.1 Å². The third kappa shape index (κ3) is 2.01. The van der Waals surface area contributed by atoms with Gasteiger partial charge in [-0.2, -0.15) is 0 Å². The highest BCUT2D eigenvalue weighted by molar-refractivity contribution is 5.85. The van der Waals surface area contributed by atoms with E-state index in [0.717, 1.165) is 42.0 Å². The van der Waals surface area contributed by atoms with Gasteiger partial charge in [-0.1, -0.05) is 49.9 Å². The van der Waals surface area contributed by atoms with E-state index in [2.05, 4.69) is 17.1 Å². The van der Waals surface area contributed by atoms with E-state index in [1.54, 1.807) is 0 Å². The van der Waals surface area contributed by atoms with Gasteiger partial charge in [-0.3, -0.25) is 4.98 Å². The molecule has 1 aliphatic rings. The zero-order valence-corrected chi connectivity index (χ0v) is 10.6. The molecular formula is C16H19NO. The zero-order chi connectivity index (χ0) is 12.4. The maximum atomic E-state index is 11.0. The third-order valence-electron chi connectivity index (χ3n) is 4.10. The predicted molar refractivity (Wildman–Crippen MR) is 73.3 cm³/mol. The Labute approximate surface area is 108 Å². The van der Waals surface area contributed by atoms with Crippen molar-refractivity contribution in [1.29, 1.82) is 0 Å². The van der Waals surface area contributed by atoms with Crippen LogP contribution >= 0.6 is 0 Å². The van der Waals surface area contributed by atoms with Gasteiger partial charge >= 0.3 is 0 Å². The summed E-state index contributed by atoms with van der Waals surface area (Å²) in [5, 5.41) is 13.2. The first-order valence-electron chi connectivity index (χ1n) is 6.85. The summed E-state index contributed by atoms with van der Waals surface area (Å²) in [7, 11) is 0. The second-order valence-electron chi connectivity index (χ2n) is 5.35. The molecular weight excluding hydrogens is 222 g/mol. The molecule has 0 atom stereocenters. The van der Waals surface area contributed by atoms with Gasteiger partial charge in [0.15, 0.2) is 0 Å². The van der Waals surface area contributed by atoms with E-state index in [4.69, 9.17) is 0 Å². The van der Waals surface area contributed by atoms with Crippen LogP contribution in [0.25, 0.3) is 10.8 Å². The smallest absolute Gasteiger partial charge is 0.0917 e. The van der Waals surface area contributed by atoms with Gasteiger partial charge in [0.05, 0.1) is 5.60 Å². The summed E-state index contributed by atoms with van der Waals surface area (Å²) in [6, 6.07) is 8.21. The molecule has 1 heterocycles. The fraction of sp³-hybridized carbons (Fsp3) is 0.438. The minimum Gasteiger partial charge on any atom is -0.385 e. The van der Waals surface area contributed by atoms with E-state index >= 15 is 0 Å². The average Bonchev–Trinajstić information content (AvgIpc) is 2.64. The summed E-state index contributed by atoms with van der Waals surface area (Å²) < 4.78 is 0. The molecule has 18 heavy (non-hydrogen) atoms. The van der Waals surface area contributed by atoms with E-state index in [0.29, 0.717) is 0 Å². The number of pyridine rings is 1. The van der Waals surface area contributed by atoms with Crippen LogP contribution in [0.2, 0.25) is 0 Å². The van der Waals surface area contributed by atoms with Gasteiger partial charge in [0, 0.05) is 23.3 Å². The van der Waals surface area contributed by atoms with Crippen LogP contribution in [0.3, 0.4) is 0 Å². The van der Waals surface area contributed by atoms with Crippen molar-refractivity contribution in [2.24, 2.45) is 0 Å². The molecule has 1 aromatic heterocycles. The first kappa shape index (κ1) is 11.7. The number of fused-ring (bicyclic) bond motifs is 1. The van der Waals surface area contributed by atoms with Crippen LogP contribution in [0.15, 0.2) is 36.7 Å². The number of nitrogens with zero attached hydrogens (tertiary/aromatic N) is 1. The normalized spacial score (nSPS) is 19.6. The molecule has 3 rings (SSSR count). The number of aliphatic hydroxyl groups is 1. The van der Waals surface area contributed by atoms with Gasteiger partial charge in [-0.05, 0) is 18.2 Å². The van der Waals surface area contributed by atoms with Crippen molar-refractivity contribution >= 4 is 10.8 Å². The molecule has 2 heteroatoms. The zero-order valence-electron chi connectivity index (χ0n) is 10.6. The van der Waals surface area contributed by atoms with E-state index in [9.17, 15) is 5.11 Å². The molecule has 0 saturated heterocycles. The summed E-state index contributed by atoms with van der Waals surface area (Å²) >= 11 is 0. The molecule has 1 N–H and O–H groups in total. The number of rotatable bonds is 1. The molecule has 1 aliphatic carbocycles. The summed E-state index contributed by atoms with van der Waals surface area (Å²) in [5.74, 6) is 0. The van der Waals surface area contributed by atoms with Crippen molar-refractivity contribution in [3.05, 3.63) is 42.2 Å². The third-order valence-corrected chi connectivity index (χ3v) is 4.10. The molecule has 2 nitrogen and oxygen atoms in total. The Bertz CT molecular complexity index is 536. The number of hydrogen-bond donors (Lipinski definition) is 1. The van der Waals surface area contributed by atoms with Gasteiger partial charge < -0.3 is 5.11 Å². The van der Waals surface area contributed by atoms with Crippen molar-refractivity contribution in [2.75, 3.05) is 0 Å². The summed E-state index contributed by atoms with van der Waals surface area (Å²) in [4.78, 5) is 4.30. The monoisotopic (exact) mass is 241 g/mol. The quantitative estimate of drug-likeness (QED) is 0.771. The first-order chi connectivity index (χ1) is 8.80.